The molecule has 0 atom stereocenters. The monoisotopic (exact) mass is 381 g/mol. The molecule has 0 aliphatic carbocycles. The lowest BCUT2D eigenvalue weighted by Crippen LogP contribution is -2.34. The van der Waals surface area contributed by atoms with Gasteiger partial charge in [-0.25, -0.2) is 9.37 Å². The number of nitrogens with zero attached hydrogens (tertiary/aromatic N) is 3. The van der Waals surface area contributed by atoms with E-state index in [1.54, 1.807) is 6.07 Å². The maximum absolute atomic E-state index is 13.8. The number of benzene rings is 2. The van der Waals surface area contributed by atoms with E-state index in [1.807, 2.05) is 40.7 Å². The second-order valence-electron chi connectivity index (χ2n) is 7.76. The van der Waals surface area contributed by atoms with Gasteiger partial charge < -0.3 is 9.47 Å². The number of carbonyl (C=O) groups excluding carboxylic acids is 1. The van der Waals surface area contributed by atoms with Gasteiger partial charge in [0.15, 0.2) is 0 Å². The summed E-state index contributed by atoms with van der Waals surface area (Å²) in [6, 6.07) is 12.3. The normalized spacial score (nSPS) is 11.4. The molecule has 0 aliphatic heterocycles. The molecule has 1 heterocycles. The molecule has 0 spiro atoms. The second-order valence-corrected chi connectivity index (χ2v) is 7.76. The first kappa shape index (κ1) is 20.1. The minimum atomic E-state index is -0.272. The minimum absolute atomic E-state index is 0.00122. The number of fused-ring (bicyclic) bond motifs is 1. The number of halogens is 1. The van der Waals surface area contributed by atoms with Crippen molar-refractivity contribution in [2.45, 2.75) is 47.2 Å². The largest absolute Gasteiger partial charge is 0.331 e. The van der Waals surface area contributed by atoms with E-state index < -0.39 is 0 Å². The maximum atomic E-state index is 13.8. The number of hydrogen-bond donors (Lipinski definition) is 0. The van der Waals surface area contributed by atoms with Crippen molar-refractivity contribution in [3.8, 4) is 0 Å². The Morgan fingerprint density at radius 3 is 2.68 bits per heavy atom. The van der Waals surface area contributed by atoms with E-state index in [2.05, 4.69) is 20.8 Å². The highest BCUT2D eigenvalue weighted by Gasteiger charge is 2.21. The van der Waals surface area contributed by atoms with E-state index in [9.17, 15) is 9.18 Å². The van der Waals surface area contributed by atoms with E-state index in [0.29, 0.717) is 24.6 Å². The van der Waals surface area contributed by atoms with Gasteiger partial charge in [0, 0.05) is 18.7 Å². The molecule has 3 aromatic rings. The fourth-order valence-corrected chi connectivity index (χ4v) is 3.53. The topological polar surface area (TPSA) is 38.1 Å². The quantitative estimate of drug-likeness (QED) is 0.565. The third kappa shape index (κ3) is 4.41. The Hall–Kier alpha value is -2.69. The number of carbonyl (C=O) groups is 1. The molecule has 1 aromatic heterocycles. The molecule has 1 amide bonds. The lowest BCUT2D eigenvalue weighted by atomic mass is 10.1. The van der Waals surface area contributed by atoms with Gasteiger partial charge in [0.25, 0.3) is 5.91 Å². The van der Waals surface area contributed by atoms with Crippen LogP contribution in [0.2, 0.25) is 0 Å². The van der Waals surface area contributed by atoms with Crippen molar-refractivity contribution in [3.05, 3.63) is 65.2 Å². The van der Waals surface area contributed by atoms with Crippen molar-refractivity contribution in [1.82, 2.24) is 14.5 Å². The lowest BCUT2D eigenvalue weighted by molar-refractivity contribution is 0.0716. The van der Waals surface area contributed by atoms with Gasteiger partial charge in [0.1, 0.15) is 11.6 Å². The Morgan fingerprint density at radius 1 is 1.21 bits per heavy atom. The molecular weight excluding hydrogens is 353 g/mol. The van der Waals surface area contributed by atoms with Crippen LogP contribution >= 0.6 is 0 Å². The average molecular weight is 381 g/mol. The summed E-state index contributed by atoms with van der Waals surface area (Å²) in [7, 11) is 0. The van der Waals surface area contributed by atoms with Gasteiger partial charge in [0.05, 0.1) is 17.6 Å². The van der Waals surface area contributed by atoms with E-state index in [-0.39, 0.29) is 11.7 Å². The van der Waals surface area contributed by atoms with Crippen LogP contribution in [-0.2, 0) is 13.1 Å². The number of aromatic nitrogens is 2. The summed E-state index contributed by atoms with van der Waals surface area (Å²) < 4.78 is 15.8. The van der Waals surface area contributed by atoms with Crippen LogP contribution < -0.4 is 0 Å². The summed E-state index contributed by atoms with van der Waals surface area (Å²) >= 11 is 0. The Morgan fingerprint density at radius 2 is 2.00 bits per heavy atom. The van der Waals surface area contributed by atoms with Crippen molar-refractivity contribution in [2.24, 2.45) is 5.92 Å². The third-order valence-electron chi connectivity index (χ3n) is 4.71. The number of imidazole rings is 1. The second kappa shape index (κ2) is 8.55. The molecule has 28 heavy (non-hydrogen) atoms. The fraction of sp³-hybridized carbons (Fsp3) is 0.391. The van der Waals surface area contributed by atoms with Crippen molar-refractivity contribution >= 4 is 16.9 Å². The zero-order valence-corrected chi connectivity index (χ0v) is 17.1. The zero-order chi connectivity index (χ0) is 20.3. The molecule has 0 fully saturated rings. The van der Waals surface area contributed by atoms with E-state index in [1.165, 1.54) is 12.1 Å². The molecule has 2 aromatic carbocycles. The Labute approximate surface area is 166 Å². The molecule has 3 rings (SSSR count). The van der Waals surface area contributed by atoms with Crippen LogP contribution in [0.3, 0.4) is 0 Å². The molecule has 0 unspecified atom stereocenters. The van der Waals surface area contributed by atoms with Crippen LogP contribution in [0.5, 0.6) is 0 Å². The van der Waals surface area contributed by atoms with E-state index in [4.69, 9.17) is 4.98 Å². The summed E-state index contributed by atoms with van der Waals surface area (Å²) in [4.78, 5) is 19.8. The van der Waals surface area contributed by atoms with Gasteiger partial charge in [-0.1, -0.05) is 38.5 Å². The number of rotatable bonds is 7. The van der Waals surface area contributed by atoms with E-state index >= 15 is 0 Å². The number of amides is 1. The highest BCUT2D eigenvalue weighted by Crippen LogP contribution is 2.21. The Balaban J connectivity index is 1.98. The van der Waals surface area contributed by atoms with Crippen LogP contribution in [0.1, 0.15) is 48.9 Å². The Bertz CT molecular complexity index is 977. The average Bonchev–Trinajstić information content (AvgIpc) is 2.97. The zero-order valence-electron chi connectivity index (χ0n) is 17.1. The predicted octanol–water partition coefficient (Wildman–Crippen LogP) is 5.19. The summed E-state index contributed by atoms with van der Waals surface area (Å²) in [6.45, 7) is 10.0. The molecule has 0 saturated carbocycles. The molecule has 0 radical (unpaired) electrons. The fourth-order valence-electron chi connectivity index (χ4n) is 3.53. The summed E-state index contributed by atoms with van der Waals surface area (Å²) in [5, 5.41) is 0. The highest BCUT2D eigenvalue weighted by molar-refractivity contribution is 5.94. The molecule has 148 valence electrons. The van der Waals surface area contributed by atoms with Crippen molar-refractivity contribution in [2.75, 3.05) is 6.54 Å². The SMILES string of the molecule is CCCn1c(CN(CC(C)C)C(=O)c2cccc(C)c2)nc2ccc(F)cc21. The molecule has 0 N–H and O–H groups in total. The Kier molecular flexibility index (Phi) is 6.12. The smallest absolute Gasteiger partial charge is 0.254 e. The first-order valence-corrected chi connectivity index (χ1v) is 9.89. The van der Waals surface area contributed by atoms with E-state index in [0.717, 1.165) is 35.4 Å². The van der Waals surface area contributed by atoms with Crippen LogP contribution in [0.25, 0.3) is 11.0 Å². The van der Waals surface area contributed by atoms with Gasteiger partial charge in [0.2, 0.25) is 0 Å². The van der Waals surface area contributed by atoms with Crippen LogP contribution in [0, 0.1) is 18.7 Å². The van der Waals surface area contributed by atoms with Gasteiger partial charge in [-0.15, -0.1) is 0 Å². The van der Waals surface area contributed by atoms with Gasteiger partial charge in [-0.05, 0) is 49.6 Å². The minimum Gasteiger partial charge on any atom is -0.331 e. The maximum Gasteiger partial charge on any atom is 0.254 e. The molecule has 0 saturated heterocycles. The molecular formula is C23H28FN3O. The van der Waals surface area contributed by atoms with Crippen LogP contribution in [-0.4, -0.2) is 26.9 Å². The highest BCUT2D eigenvalue weighted by atomic mass is 19.1. The van der Waals surface area contributed by atoms with Gasteiger partial charge in [-0.2, -0.15) is 0 Å². The molecule has 5 heteroatoms. The molecule has 0 aliphatic rings. The predicted molar refractivity (Wildman–Crippen MR) is 111 cm³/mol. The van der Waals surface area contributed by atoms with Crippen LogP contribution in [0.15, 0.2) is 42.5 Å². The number of hydrogen-bond acceptors (Lipinski definition) is 2. The summed E-state index contributed by atoms with van der Waals surface area (Å²) in [6.07, 6.45) is 0.908. The van der Waals surface area contributed by atoms with Crippen LogP contribution in [0.4, 0.5) is 4.39 Å². The first-order chi connectivity index (χ1) is 13.4. The third-order valence-corrected chi connectivity index (χ3v) is 4.71. The number of aryl methyl sites for hydroxylation is 2. The van der Waals surface area contributed by atoms with Crippen molar-refractivity contribution in [1.29, 1.82) is 0 Å². The van der Waals surface area contributed by atoms with Gasteiger partial charge in [-0.3, -0.25) is 4.79 Å². The lowest BCUT2D eigenvalue weighted by Gasteiger charge is -2.25. The molecule has 0 bridgehead atoms. The summed E-state index contributed by atoms with van der Waals surface area (Å²) in [5.41, 5.74) is 3.29. The summed E-state index contributed by atoms with van der Waals surface area (Å²) in [5.74, 6) is 0.851. The van der Waals surface area contributed by atoms with Crippen molar-refractivity contribution in [3.63, 3.8) is 0 Å². The first-order valence-electron chi connectivity index (χ1n) is 9.89. The molecule has 4 nitrogen and oxygen atoms in total. The standard InChI is InChI=1S/C23H28FN3O/c1-5-11-27-21-13-19(24)9-10-20(21)25-22(27)15-26(14-16(2)3)23(28)18-8-6-7-17(4)12-18/h6-10,12-13,16H,5,11,14-15H2,1-4H3. The van der Waals surface area contributed by atoms with Gasteiger partial charge >= 0.3 is 0 Å². The van der Waals surface area contributed by atoms with Crippen molar-refractivity contribution < 1.29 is 9.18 Å².